The summed E-state index contributed by atoms with van der Waals surface area (Å²) in [5, 5.41) is 41.8. The first-order valence-corrected chi connectivity index (χ1v) is 9.18. The van der Waals surface area contributed by atoms with Gasteiger partial charge in [0.25, 0.3) is 13.4 Å². The Kier molecular flexibility index (Phi) is 6.08. The van der Waals surface area contributed by atoms with Crippen molar-refractivity contribution in [3.63, 3.8) is 0 Å². The van der Waals surface area contributed by atoms with Crippen LogP contribution in [0.1, 0.15) is 16.8 Å². The van der Waals surface area contributed by atoms with Crippen molar-refractivity contribution in [1.29, 1.82) is 0 Å². The van der Waals surface area contributed by atoms with E-state index in [2.05, 4.69) is 10.1 Å². The molecule has 1 aliphatic rings. The van der Waals surface area contributed by atoms with Gasteiger partial charge in [0.15, 0.2) is 6.23 Å². The van der Waals surface area contributed by atoms with Crippen LogP contribution < -0.4 is 5.73 Å². The Balaban J connectivity index is 2.01. The molecule has 1 aromatic rings. The second-order valence-corrected chi connectivity index (χ2v) is 7.81. The SMILES string of the molecule is CP(=O)(OC[C@H]1O[C@@H](n2cnc(C(N)=O)n2)[C@H](O)[C@@H]1O)N(O)CC(=O)O. The highest BCUT2D eigenvalue weighted by Gasteiger charge is 2.45. The highest BCUT2D eigenvalue weighted by atomic mass is 31.2. The first kappa shape index (κ1) is 20.4. The van der Waals surface area contributed by atoms with Gasteiger partial charge in [-0.15, -0.1) is 9.93 Å². The smallest absolute Gasteiger partial charge is 0.320 e. The molecule has 1 aliphatic heterocycles. The molecule has 0 bridgehead atoms. The molecule has 15 heteroatoms. The molecule has 5 atom stereocenters. The van der Waals surface area contributed by atoms with E-state index in [1.807, 2.05) is 0 Å². The van der Waals surface area contributed by atoms with E-state index in [0.29, 0.717) is 0 Å². The zero-order valence-corrected chi connectivity index (χ0v) is 14.3. The molecule has 6 N–H and O–H groups in total. The third-order valence-corrected chi connectivity index (χ3v) is 5.11. The van der Waals surface area contributed by atoms with Gasteiger partial charge in [-0.1, -0.05) is 0 Å². The van der Waals surface area contributed by atoms with Crippen LogP contribution in [-0.4, -0.2) is 90.1 Å². The minimum Gasteiger partial charge on any atom is -0.480 e. The van der Waals surface area contributed by atoms with Crippen LogP contribution in [0.4, 0.5) is 0 Å². The average molecular weight is 395 g/mol. The lowest BCUT2D eigenvalue weighted by Crippen LogP contribution is -2.34. The van der Waals surface area contributed by atoms with Gasteiger partial charge in [-0.3, -0.25) is 14.2 Å². The molecule has 0 aliphatic carbocycles. The molecule has 0 radical (unpaired) electrons. The summed E-state index contributed by atoms with van der Waals surface area (Å²) in [6, 6.07) is 0. The predicted molar refractivity (Wildman–Crippen MR) is 80.1 cm³/mol. The van der Waals surface area contributed by atoms with Crippen molar-refractivity contribution in [2.75, 3.05) is 19.8 Å². The fourth-order valence-corrected chi connectivity index (χ4v) is 3.06. The van der Waals surface area contributed by atoms with Crippen LogP contribution in [0.25, 0.3) is 0 Å². The summed E-state index contributed by atoms with van der Waals surface area (Å²) in [7, 11) is -3.90. The zero-order chi connectivity index (χ0) is 19.6. The third kappa shape index (κ3) is 4.42. The number of hydrogen-bond donors (Lipinski definition) is 5. The molecule has 0 spiro atoms. The van der Waals surface area contributed by atoms with Crippen molar-refractivity contribution in [1.82, 2.24) is 19.6 Å². The molecule has 1 fully saturated rings. The monoisotopic (exact) mass is 395 g/mol. The van der Waals surface area contributed by atoms with Crippen molar-refractivity contribution in [2.24, 2.45) is 5.73 Å². The van der Waals surface area contributed by atoms with Gasteiger partial charge in [-0.05, 0) is 0 Å². The summed E-state index contributed by atoms with van der Waals surface area (Å²) in [4.78, 5) is 25.2. The molecule has 14 nitrogen and oxygen atoms in total. The highest BCUT2D eigenvalue weighted by Crippen LogP contribution is 2.46. The first-order valence-electron chi connectivity index (χ1n) is 7.16. The maximum absolute atomic E-state index is 12.1. The molecule has 146 valence electrons. The molecular formula is C11H18N5O9P. The Labute approximate surface area is 146 Å². The van der Waals surface area contributed by atoms with E-state index in [1.165, 1.54) is 0 Å². The second kappa shape index (κ2) is 7.75. The number of aliphatic hydroxyl groups excluding tert-OH is 2. The van der Waals surface area contributed by atoms with Gasteiger partial charge in [0, 0.05) is 6.66 Å². The quantitative estimate of drug-likeness (QED) is 0.230. The van der Waals surface area contributed by atoms with Crippen molar-refractivity contribution >= 4 is 19.4 Å². The topological polar surface area (TPSA) is 211 Å². The minimum atomic E-state index is -3.90. The number of carboxylic acids is 1. The van der Waals surface area contributed by atoms with Crippen LogP contribution in [0.3, 0.4) is 0 Å². The van der Waals surface area contributed by atoms with Crippen LogP contribution in [-0.2, 0) is 18.6 Å². The summed E-state index contributed by atoms with van der Waals surface area (Å²) in [5.41, 5.74) is 5.02. The van der Waals surface area contributed by atoms with Gasteiger partial charge in [-0.2, -0.15) is 0 Å². The molecule has 0 aromatic carbocycles. The normalized spacial score (nSPS) is 28.2. The Bertz CT molecular complexity index is 727. The maximum Gasteiger partial charge on any atom is 0.320 e. The Hall–Kier alpha value is -1.93. The number of hydroxylamine groups is 1. The zero-order valence-electron chi connectivity index (χ0n) is 13.4. The molecule has 2 heterocycles. The standard InChI is InChI=1S/C11H18N5O9P/c1-26(23,16(22)2-6(17)18)24-3-5-7(19)8(20)11(25-5)15-4-13-10(14-15)9(12)21/h4-5,7-8,11,19-20,22H,2-3H2,1H3,(H2,12,21)(H,17,18)/t5-,7-,8-,11-,26?/m1/s1. The van der Waals surface area contributed by atoms with Crippen LogP contribution in [0.15, 0.2) is 6.33 Å². The number of nitrogens with two attached hydrogens (primary N) is 1. The van der Waals surface area contributed by atoms with Gasteiger partial charge in [0.1, 0.15) is 31.2 Å². The van der Waals surface area contributed by atoms with E-state index in [-0.39, 0.29) is 10.7 Å². The molecule has 26 heavy (non-hydrogen) atoms. The number of aliphatic carboxylic acids is 1. The maximum atomic E-state index is 12.1. The fraction of sp³-hybridized carbons (Fsp3) is 0.636. The van der Waals surface area contributed by atoms with E-state index in [1.54, 1.807) is 0 Å². The molecule has 1 unspecified atom stereocenters. The van der Waals surface area contributed by atoms with Crippen molar-refractivity contribution in [2.45, 2.75) is 24.5 Å². The van der Waals surface area contributed by atoms with Gasteiger partial charge < -0.3 is 35.5 Å². The lowest BCUT2D eigenvalue weighted by atomic mass is 10.1. The van der Waals surface area contributed by atoms with Crippen molar-refractivity contribution < 1.29 is 43.9 Å². The Morgan fingerprint density at radius 1 is 1.46 bits per heavy atom. The summed E-state index contributed by atoms with van der Waals surface area (Å²) in [6.45, 7) is -0.500. The van der Waals surface area contributed by atoms with E-state index in [4.69, 9.17) is 20.1 Å². The number of aliphatic hydroxyl groups is 2. The van der Waals surface area contributed by atoms with Gasteiger partial charge in [0.2, 0.25) is 5.82 Å². The number of ether oxygens (including phenoxy) is 1. The molecule has 0 saturated carbocycles. The minimum absolute atomic E-state index is 0.0289. The summed E-state index contributed by atoms with van der Waals surface area (Å²) < 4.78 is 23.5. The number of aromatic nitrogens is 3. The number of primary amides is 1. The Morgan fingerprint density at radius 2 is 2.12 bits per heavy atom. The van der Waals surface area contributed by atoms with Crippen LogP contribution in [0.2, 0.25) is 0 Å². The number of carbonyl (C=O) groups excluding carboxylic acids is 1. The molecule has 1 saturated heterocycles. The van der Waals surface area contributed by atoms with E-state index < -0.39 is 57.1 Å². The van der Waals surface area contributed by atoms with Gasteiger partial charge >= 0.3 is 5.97 Å². The number of rotatable bonds is 8. The molecule has 2 rings (SSSR count). The predicted octanol–water partition coefficient (Wildman–Crippen LogP) is -2.39. The number of nitrogens with zero attached hydrogens (tertiary/aromatic N) is 4. The lowest BCUT2D eigenvalue weighted by Gasteiger charge is -2.23. The second-order valence-electron chi connectivity index (χ2n) is 5.48. The van der Waals surface area contributed by atoms with Crippen molar-refractivity contribution in [3.8, 4) is 0 Å². The fourth-order valence-electron chi connectivity index (χ4n) is 2.12. The Morgan fingerprint density at radius 3 is 2.65 bits per heavy atom. The summed E-state index contributed by atoms with van der Waals surface area (Å²) in [5.74, 6) is -2.65. The van der Waals surface area contributed by atoms with E-state index in [9.17, 15) is 29.6 Å². The molecule has 1 aromatic heterocycles. The number of hydrogen-bond acceptors (Lipinski definition) is 10. The van der Waals surface area contributed by atoms with Crippen molar-refractivity contribution in [3.05, 3.63) is 12.2 Å². The lowest BCUT2D eigenvalue weighted by molar-refractivity contribution is -0.144. The molecule has 1 amide bonds. The number of carboxylic acid groups (broad SMARTS) is 1. The van der Waals surface area contributed by atoms with Gasteiger partial charge in [-0.25, -0.2) is 9.67 Å². The third-order valence-electron chi connectivity index (χ3n) is 3.50. The van der Waals surface area contributed by atoms with Crippen LogP contribution in [0, 0.1) is 0 Å². The van der Waals surface area contributed by atoms with E-state index >= 15 is 0 Å². The first-order chi connectivity index (χ1) is 12.0. The summed E-state index contributed by atoms with van der Waals surface area (Å²) >= 11 is 0. The van der Waals surface area contributed by atoms with Gasteiger partial charge in [0.05, 0.1) is 6.61 Å². The highest BCUT2D eigenvalue weighted by molar-refractivity contribution is 7.55. The van der Waals surface area contributed by atoms with Crippen LogP contribution in [0.5, 0.6) is 0 Å². The van der Waals surface area contributed by atoms with Crippen LogP contribution >= 0.6 is 7.52 Å². The molecular weight excluding hydrogens is 377 g/mol. The van der Waals surface area contributed by atoms with E-state index in [0.717, 1.165) is 17.7 Å². The largest absolute Gasteiger partial charge is 0.480 e. The average Bonchev–Trinajstić information content (AvgIpc) is 3.12. The number of amides is 1. The summed E-state index contributed by atoms with van der Waals surface area (Å²) in [6.07, 6.45) is -4.29. The number of carbonyl (C=O) groups is 2.